The van der Waals surface area contributed by atoms with E-state index in [4.69, 9.17) is 0 Å². The van der Waals surface area contributed by atoms with Crippen molar-refractivity contribution in [3.8, 4) is 0 Å². The number of hydrogen-bond acceptors (Lipinski definition) is 4. The van der Waals surface area contributed by atoms with Gasteiger partial charge in [0.1, 0.15) is 12.2 Å². The van der Waals surface area contributed by atoms with Crippen LogP contribution in [0.3, 0.4) is 0 Å². The molecule has 8 heteroatoms. The van der Waals surface area contributed by atoms with E-state index in [0.717, 1.165) is 6.42 Å². The maximum absolute atomic E-state index is 12.5. The second kappa shape index (κ2) is 6.51. The Labute approximate surface area is 129 Å². The van der Waals surface area contributed by atoms with E-state index < -0.39 is 24.9 Å². The third-order valence-electron chi connectivity index (χ3n) is 4.50. The SMILES string of the molecule is CCC(C)CN1CC2N(C(=O)O)CCC(=O)N2C(CO)C1=O. The average Bonchev–Trinajstić information content (AvgIpc) is 2.48. The molecule has 2 saturated heterocycles. The third kappa shape index (κ3) is 2.87. The molecule has 3 atom stereocenters. The fraction of sp³-hybridized carbons (Fsp3) is 0.786. The average molecular weight is 313 g/mol. The summed E-state index contributed by atoms with van der Waals surface area (Å²) < 4.78 is 0. The molecule has 124 valence electrons. The number of fused-ring (bicyclic) bond motifs is 1. The van der Waals surface area contributed by atoms with E-state index in [2.05, 4.69) is 0 Å². The Balaban J connectivity index is 2.29. The minimum Gasteiger partial charge on any atom is -0.465 e. The van der Waals surface area contributed by atoms with Gasteiger partial charge in [-0.15, -0.1) is 0 Å². The summed E-state index contributed by atoms with van der Waals surface area (Å²) >= 11 is 0. The van der Waals surface area contributed by atoms with Gasteiger partial charge in [0.2, 0.25) is 11.8 Å². The van der Waals surface area contributed by atoms with Crippen LogP contribution in [-0.4, -0.2) is 81.3 Å². The third-order valence-corrected chi connectivity index (χ3v) is 4.50. The fourth-order valence-electron chi connectivity index (χ4n) is 3.05. The van der Waals surface area contributed by atoms with Crippen molar-refractivity contribution in [2.75, 3.05) is 26.2 Å². The molecule has 0 bridgehead atoms. The Hall–Kier alpha value is -1.83. The van der Waals surface area contributed by atoms with E-state index in [1.165, 1.54) is 9.80 Å². The van der Waals surface area contributed by atoms with E-state index in [9.17, 15) is 24.6 Å². The highest BCUT2D eigenvalue weighted by atomic mass is 16.4. The van der Waals surface area contributed by atoms with Gasteiger partial charge in [0.05, 0.1) is 13.2 Å². The Morgan fingerprint density at radius 2 is 2.09 bits per heavy atom. The van der Waals surface area contributed by atoms with Crippen LogP contribution >= 0.6 is 0 Å². The van der Waals surface area contributed by atoms with Crippen molar-refractivity contribution in [1.82, 2.24) is 14.7 Å². The largest absolute Gasteiger partial charge is 0.465 e. The lowest BCUT2D eigenvalue weighted by Crippen LogP contribution is -2.72. The maximum atomic E-state index is 12.5. The number of amides is 3. The molecule has 0 radical (unpaired) electrons. The molecule has 3 amide bonds. The first-order chi connectivity index (χ1) is 10.4. The number of carboxylic acid groups (broad SMARTS) is 1. The number of aliphatic hydroxyl groups excluding tert-OH is 1. The number of carbonyl (C=O) groups excluding carboxylic acids is 2. The Morgan fingerprint density at radius 1 is 1.41 bits per heavy atom. The molecule has 2 rings (SSSR count). The van der Waals surface area contributed by atoms with Gasteiger partial charge >= 0.3 is 6.09 Å². The lowest BCUT2D eigenvalue weighted by atomic mass is 10.0. The van der Waals surface area contributed by atoms with Crippen molar-refractivity contribution in [3.63, 3.8) is 0 Å². The van der Waals surface area contributed by atoms with Crippen LogP contribution in [0.25, 0.3) is 0 Å². The van der Waals surface area contributed by atoms with Gasteiger partial charge in [0.15, 0.2) is 0 Å². The summed E-state index contributed by atoms with van der Waals surface area (Å²) in [6.45, 7) is 4.32. The summed E-state index contributed by atoms with van der Waals surface area (Å²) in [5.74, 6) is -0.315. The van der Waals surface area contributed by atoms with Crippen LogP contribution in [0.1, 0.15) is 26.7 Å². The monoisotopic (exact) mass is 313 g/mol. The van der Waals surface area contributed by atoms with Crippen molar-refractivity contribution in [3.05, 3.63) is 0 Å². The van der Waals surface area contributed by atoms with Gasteiger partial charge in [-0.1, -0.05) is 20.3 Å². The van der Waals surface area contributed by atoms with Crippen LogP contribution in [0, 0.1) is 5.92 Å². The first-order valence-electron chi connectivity index (χ1n) is 7.61. The summed E-state index contributed by atoms with van der Waals surface area (Å²) in [6, 6.07) is -0.988. The minimum atomic E-state index is -1.11. The van der Waals surface area contributed by atoms with Gasteiger partial charge in [0.25, 0.3) is 0 Å². The first-order valence-corrected chi connectivity index (χ1v) is 7.61. The normalized spacial score (nSPS) is 27.0. The van der Waals surface area contributed by atoms with Crippen molar-refractivity contribution in [2.45, 2.75) is 38.9 Å². The first kappa shape index (κ1) is 16.5. The smallest absolute Gasteiger partial charge is 0.409 e. The summed E-state index contributed by atoms with van der Waals surface area (Å²) in [5, 5.41) is 18.9. The molecule has 0 aromatic heterocycles. The van der Waals surface area contributed by atoms with Crippen LogP contribution in [0.5, 0.6) is 0 Å². The Morgan fingerprint density at radius 3 is 2.64 bits per heavy atom. The Bertz CT molecular complexity index is 469. The summed E-state index contributed by atoms with van der Waals surface area (Å²) in [7, 11) is 0. The molecule has 0 spiro atoms. The van der Waals surface area contributed by atoms with E-state index >= 15 is 0 Å². The molecule has 2 aliphatic heterocycles. The molecule has 0 saturated carbocycles. The molecule has 0 aromatic rings. The lowest BCUT2D eigenvalue weighted by Gasteiger charge is -2.51. The van der Waals surface area contributed by atoms with Crippen LogP contribution in [-0.2, 0) is 9.59 Å². The summed E-state index contributed by atoms with van der Waals surface area (Å²) in [4.78, 5) is 40.0. The van der Waals surface area contributed by atoms with Crippen LogP contribution in [0.2, 0.25) is 0 Å². The zero-order chi connectivity index (χ0) is 16.4. The van der Waals surface area contributed by atoms with Crippen molar-refractivity contribution in [1.29, 1.82) is 0 Å². The number of hydrogen-bond donors (Lipinski definition) is 2. The number of piperazine rings is 1. The van der Waals surface area contributed by atoms with Gasteiger partial charge in [-0.05, 0) is 5.92 Å². The lowest BCUT2D eigenvalue weighted by molar-refractivity contribution is -0.170. The maximum Gasteiger partial charge on any atom is 0.409 e. The topological polar surface area (TPSA) is 101 Å². The molecule has 2 aliphatic rings. The highest BCUT2D eigenvalue weighted by molar-refractivity contribution is 5.90. The highest BCUT2D eigenvalue weighted by Crippen LogP contribution is 2.26. The molecular formula is C14H23N3O5. The zero-order valence-corrected chi connectivity index (χ0v) is 12.9. The zero-order valence-electron chi connectivity index (χ0n) is 12.9. The number of rotatable bonds is 4. The van der Waals surface area contributed by atoms with Gasteiger partial charge in [-0.2, -0.15) is 0 Å². The van der Waals surface area contributed by atoms with E-state index in [1.807, 2.05) is 13.8 Å². The van der Waals surface area contributed by atoms with Gasteiger partial charge in [-0.25, -0.2) is 4.79 Å². The molecule has 8 nitrogen and oxygen atoms in total. The van der Waals surface area contributed by atoms with Crippen LogP contribution < -0.4 is 0 Å². The van der Waals surface area contributed by atoms with E-state index in [-0.39, 0.29) is 37.2 Å². The summed E-state index contributed by atoms with van der Waals surface area (Å²) in [6.07, 6.45) is -0.892. The predicted octanol–water partition coefficient (Wildman–Crippen LogP) is -0.226. The molecule has 3 unspecified atom stereocenters. The van der Waals surface area contributed by atoms with Gasteiger partial charge in [-0.3, -0.25) is 14.5 Å². The number of nitrogens with zero attached hydrogens (tertiary/aromatic N) is 3. The summed E-state index contributed by atoms with van der Waals surface area (Å²) in [5.41, 5.74) is 0. The number of aliphatic hydroxyl groups is 1. The molecule has 2 fully saturated rings. The minimum absolute atomic E-state index is 0.0396. The molecule has 22 heavy (non-hydrogen) atoms. The van der Waals surface area contributed by atoms with Crippen LogP contribution in [0.4, 0.5) is 4.79 Å². The predicted molar refractivity (Wildman–Crippen MR) is 76.9 cm³/mol. The van der Waals surface area contributed by atoms with Crippen molar-refractivity contribution in [2.24, 2.45) is 5.92 Å². The van der Waals surface area contributed by atoms with Gasteiger partial charge < -0.3 is 20.0 Å². The van der Waals surface area contributed by atoms with Crippen LogP contribution in [0.15, 0.2) is 0 Å². The quantitative estimate of drug-likeness (QED) is 0.747. The van der Waals surface area contributed by atoms with E-state index in [0.29, 0.717) is 6.54 Å². The molecule has 0 aromatic carbocycles. The Kier molecular flexibility index (Phi) is 4.90. The van der Waals surface area contributed by atoms with Crippen molar-refractivity contribution >= 4 is 17.9 Å². The molecule has 2 heterocycles. The second-order valence-corrected chi connectivity index (χ2v) is 5.96. The molecule has 0 aliphatic carbocycles. The van der Waals surface area contributed by atoms with Crippen molar-refractivity contribution < 1.29 is 24.6 Å². The highest BCUT2D eigenvalue weighted by Gasteiger charge is 2.48. The van der Waals surface area contributed by atoms with Gasteiger partial charge in [0, 0.05) is 19.5 Å². The second-order valence-electron chi connectivity index (χ2n) is 5.96. The fourth-order valence-corrected chi connectivity index (χ4v) is 3.05. The standard InChI is InChI=1S/C14H23N3O5/c1-3-9(2)6-15-7-11-16(14(21)22)5-4-12(19)17(11)10(8-18)13(15)20/h9-11,18H,3-8H2,1-2H3,(H,21,22). The number of carbonyl (C=O) groups is 3. The molecule has 2 N–H and O–H groups in total. The van der Waals surface area contributed by atoms with E-state index in [1.54, 1.807) is 4.90 Å². The molecular weight excluding hydrogens is 290 g/mol.